The molecule has 0 spiro atoms. The molecule has 1 aromatic carbocycles. The highest BCUT2D eigenvalue weighted by molar-refractivity contribution is 5.87. The maximum Gasteiger partial charge on any atom is 0.274 e. The van der Waals surface area contributed by atoms with Gasteiger partial charge in [-0.05, 0) is 38.8 Å². The third-order valence-corrected chi connectivity index (χ3v) is 4.56. The van der Waals surface area contributed by atoms with Crippen LogP contribution in [0.4, 0.5) is 11.4 Å². The summed E-state index contributed by atoms with van der Waals surface area (Å²) in [6.45, 7) is 6.81. The van der Waals surface area contributed by atoms with Gasteiger partial charge in [-0.2, -0.15) is 5.26 Å². The van der Waals surface area contributed by atoms with E-state index in [9.17, 15) is 25.3 Å². The first-order chi connectivity index (χ1) is 12.7. The van der Waals surface area contributed by atoms with Gasteiger partial charge >= 0.3 is 0 Å². The van der Waals surface area contributed by atoms with E-state index >= 15 is 0 Å². The first-order valence-corrected chi connectivity index (χ1v) is 8.40. The SMILES string of the molecule is CCC(C)n1c(O)c(C=Nc2ccc(C)c([N+](=O)[O-])c2)c(C)c(C#N)c1=O. The van der Waals surface area contributed by atoms with Crippen LogP contribution in [0.15, 0.2) is 28.0 Å². The Hall–Kier alpha value is -3.47. The van der Waals surface area contributed by atoms with E-state index in [1.165, 1.54) is 16.8 Å². The van der Waals surface area contributed by atoms with Crippen LogP contribution < -0.4 is 5.56 Å². The molecule has 0 fully saturated rings. The zero-order chi connectivity index (χ0) is 20.3. The average Bonchev–Trinajstić information content (AvgIpc) is 2.62. The summed E-state index contributed by atoms with van der Waals surface area (Å²) in [5.41, 5.74) is 0.697. The molecule has 0 aliphatic carbocycles. The molecule has 1 unspecified atom stereocenters. The summed E-state index contributed by atoms with van der Waals surface area (Å²) >= 11 is 0. The third kappa shape index (κ3) is 3.72. The smallest absolute Gasteiger partial charge is 0.274 e. The molecule has 1 heterocycles. The van der Waals surface area contributed by atoms with Gasteiger partial charge in [-0.1, -0.05) is 13.0 Å². The van der Waals surface area contributed by atoms with Crippen LogP contribution in [0.3, 0.4) is 0 Å². The van der Waals surface area contributed by atoms with Gasteiger partial charge in [-0.15, -0.1) is 0 Å². The highest BCUT2D eigenvalue weighted by Gasteiger charge is 2.20. The molecule has 1 atom stereocenters. The normalized spacial score (nSPS) is 12.1. The van der Waals surface area contributed by atoms with Gasteiger partial charge in [-0.3, -0.25) is 24.5 Å². The molecule has 0 aliphatic heterocycles. The number of aromatic hydroxyl groups is 1. The molecule has 8 nitrogen and oxygen atoms in total. The number of nitro groups is 1. The van der Waals surface area contributed by atoms with Crippen molar-refractivity contribution in [3.05, 3.63) is 60.9 Å². The van der Waals surface area contributed by atoms with E-state index in [2.05, 4.69) is 4.99 Å². The van der Waals surface area contributed by atoms with Gasteiger partial charge < -0.3 is 5.11 Å². The first kappa shape index (κ1) is 19.8. The molecule has 0 radical (unpaired) electrons. The number of nitrogens with zero attached hydrogens (tertiary/aromatic N) is 4. The van der Waals surface area contributed by atoms with E-state index in [0.717, 1.165) is 0 Å². The minimum Gasteiger partial charge on any atom is -0.494 e. The molecule has 27 heavy (non-hydrogen) atoms. The van der Waals surface area contributed by atoms with Gasteiger partial charge in [0.25, 0.3) is 11.2 Å². The Morgan fingerprint density at radius 2 is 2.11 bits per heavy atom. The van der Waals surface area contributed by atoms with Crippen molar-refractivity contribution in [2.75, 3.05) is 0 Å². The van der Waals surface area contributed by atoms with Crippen molar-refractivity contribution in [1.29, 1.82) is 5.26 Å². The minimum atomic E-state index is -0.551. The molecule has 140 valence electrons. The molecule has 0 aliphatic rings. The van der Waals surface area contributed by atoms with Gasteiger partial charge in [0.15, 0.2) is 0 Å². The highest BCUT2D eigenvalue weighted by atomic mass is 16.6. The fourth-order valence-corrected chi connectivity index (χ4v) is 2.70. The van der Waals surface area contributed by atoms with Crippen LogP contribution in [-0.2, 0) is 0 Å². The number of aromatic nitrogens is 1. The fraction of sp³-hybridized carbons (Fsp3) is 0.316. The Kier molecular flexibility index (Phi) is 5.75. The largest absolute Gasteiger partial charge is 0.494 e. The van der Waals surface area contributed by atoms with Crippen molar-refractivity contribution >= 4 is 17.6 Å². The molecule has 0 bridgehead atoms. The second-order valence-corrected chi connectivity index (χ2v) is 6.27. The summed E-state index contributed by atoms with van der Waals surface area (Å²) in [5, 5.41) is 31.0. The Morgan fingerprint density at radius 1 is 1.44 bits per heavy atom. The van der Waals surface area contributed by atoms with E-state index in [1.807, 2.05) is 13.0 Å². The predicted molar refractivity (Wildman–Crippen MR) is 102 cm³/mol. The van der Waals surface area contributed by atoms with Crippen molar-refractivity contribution in [3.8, 4) is 11.9 Å². The number of pyridine rings is 1. The Bertz CT molecular complexity index is 1030. The number of rotatable bonds is 5. The quantitative estimate of drug-likeness (QED) is 0.490. The Balaban J connectivity index is 2.65. The number of aryl methyl sites for hydroxylation is 1. The first-order valence-electron chi connectivity index (χ1n) is 8.40. The van der Waals surface area contributed by atoms with Crippen LogP contribution in [0.25, 0.3) is 0 Å². The molecule has 2 aromatic rings. The van der Waals surface area contributed by atoms with Crippen LogP contribution in [-0.4, -0.2) is 20.8 Å². The van der Waals surface area contributed by atoms with Crippen molar-refractivity contribution in [3.63, 3.8) is 0 Å². The lowest BCUT2D eigenvalue weighted by molar-refractivity contribution is -0.385. The minimum absolute atomic E-state index is 0.0621. The van der Waals surface area contributed by atoms with Crippen LogP contribution in [0.5, 0.6) is 5.88 Å². The van der Waals surface area contributed by atoms with E-state index in [1.54, 1.807) is 32.9 Å². The standard InChI is InChI=1S/C19H20N4O4/c1-5-12(3)22-18(24)15(9-20)13(4)16(19(22)25)10-21-14-7-6-11(2)17(8-14)23(26)27/h6-8,10,12,25H,5H2,1-4H3. The van der Waals surface area contributed by atoms with E-state index < -0.39 is 10.5 Å². The summed E-state index contributed by atoms with van der Waals surface area (Å²) in [4.78, 5) is 27.3. The Labute approximate surface area is 156 Å². The van der Waals surface area contributed by atoms with Gasteiger partial charge in [-0.25, -0.2) is 0 Å². The number of nitro benzene ring substituents is 1. The summed E-state index contributed by atoms with van der Waals surface area (Å²) in [6, 6.07) is 6.10. The molecular formula is C19H20N4O4. The van der Waals surface area contributed by atoms with Gasteiger partial charge in [0.2, 0.25) is 5.88 Å². The van der Waals surface area contributed by atoms with E-state index in [4.69, 9.17) is 0 Å². The van der Waals surface area contributed by atoms with Gasteiger partial charge in [0, 0.05) is 23.9 Å². The molecule has 2 rings (SSSR count). The summed E-state index contributed by atoms with van der Waals surface area (Å²) in [7, 11) is 0. The predicted octanol–water partition coefficient (Wildman–Crippen LogP) is 3.67. The number of nitriles is 1. The summed E-state index contributed by atoms with van der Waals surface area (Å²) in [6.07, 6.45) is 1.90. The Morgan fingerprint density at radius 3 is 2.67 bits per heavy atom. The second kappa shape index (κ2) is 7.83. The van der Waals surface area contributed by atoms with E-state index in [-0.39, 0.29) is 28.7 Å². The monoisotopic (exact) mass is 368 g/mol. The molecule has 0 saturated heterocycles. The number of benzene rings is 1. The summed E-state index contributed by atoms with van der Waals surface area (Å²) < 4.78 is 1.17. The fourth-order valence-electron chi connectivity index (χ4n) is 2.70. The van der Waals surface area contributed by atoms with Gasteiger partial charge in [0.05, 0.1) is 16.2 Å². The summed E-state index contributed by atoms with van der Waals surface area (Å²) in [5.74, 6) is -0.281. The van der Waals surface area contributed by atoms with E-state index in [0.29, 0.717) is 23.2 Å². The van der Waals surface area contributed by atoms with Crippen molar-refractivity contribution in [1.82, 2.24) is 4.57 Å². The third-order valence-electron chi connectivity index (χ3n) is 4.56. The average molecular weight is 368 g/mol. The van der Waals surface area contributed by atoms with Crippen LogP contribution in [0.1, 0.15) is 48.6 Å². The lowest BCUT2D eigenvalue weighted by Crippen LogP contribution is -2.27. The zero-order valence-corrected chi connectivity index (χ0v) is 15.6. The van der Waals surface area contributed by atoms with Crippen molar-refractivity contribution in [2.45, 2.75) is 40.2 Å². The van der Waals surface area contributed by atoms with Crippen LogP contribution >= 0.6 is 0 Å². The molecule has 0 saturated carbocycles. The maximum atomic E-state index is 12.5. The van der Waals surface area contributed by atoms with Crippen molar-refractivity contribution < 1.29 is 10.0 Å². The molecule has 0 amide bonds. The molecule has 8 heteroatoms. The lowest BCUT2D eigenvalue weighted by atomic mass is 10.0. The molecular weight excluding hydrogens is 348 g/mol. The molecule has 1 N–H and O–H groups in total. The van der Waals surface area contributed by atoms with Crippen LogP contribution in [0.2, 0.25) is 0 Å². The highest BCUT2D eigenvalue weighted by Crippen LogP contribution is 2.27. The van der Waals surface area contributed by atoms with Crippen LogP contribution in [0, 0.1) is 35.3 Å². The van der Waals surface area contributed by atoms with Gasteiger partial charge in [0.1, 0.15) is 11.6 Å². The zero-order valence-electron chi connectivity index (χ0n) is 15.6. The van der Waals surface area contributed by atoms with Crippen molar-refractivity contribution in [2.24, 2.45) is 4.99 Å². The molecule has 1 aromatic heterocycles. The topological polar surface area (TPSA) is 122 Å². The second-order valence-electron chi connectivity index (χ2n) is 6.27. The number of hydrogen-bond donors (Lipinski definition) is 1. The lowest BCUT2D eigenvalue weighted by Gasteiger charge is -2.18. The maximum absolute atomic E-state index is 12.5. The number of aliphatic imine (C=N–C) groups is 1. The number of hydrogen-bond acceptors (Lipinski definition) is 6.